The third kappa shape index (κ3) is 10.3. The Balaban J connectivity index is 1.22. The summed E-state index contributed by atoms with van der Waals surface area (Å²) < 4.78 is 32.4. The van der Waals surface area contributed by atoms with Crippen LogP contribution in [0.15, 0.2) is 84.9 Å². The van der Waals surface area contributed by atoms with Gasteiger partial charge < -0.3 is 28.4 Å². The first-order chi connectivity index (χ1) is 26.1. The number of ether oxygens (including phenoxy) is 6. The smallest absolute Gasteiger partial charge is 0.462 e. The second kappa shape index (κ2) is 18.9. The molecule has 5 rings (SSSR count). The first-order valence-corrected chi connectivity index (χ1v) is 18.7. The van der Waals surface area contributed by atoms with Crippen LogP contribution in [0.3, 0.4) is 0 Å². The predicted octanol–water partition coefficient (Wildman–Crippen LogP) is 10.6. The van der Waals surface area contributed by atoms with Crippen molar-refractivity contribution in [3.05, 3.63) is 118 Å². The lowest BCUT2D eigenvalue weighted by molar-refractivity contribution is 0.0490. The maximum absolute atomic E-state index is 12.7. The lowest BCUT2D eigenvalue weighted by atomic mass is 9.65. The van der Waals surface area contributed by atoms with Crippen molar-refractivity contribution in [3.63, 3.8) is 0 Å². The van der Waals surface area contributed by atoms with Crippen LogP contribution in [0.25, 0.3) is 0 Å². The molecule has 284 valence electrons. The van der Waals surface area contributed by atoms with Crippen molar-refractivity contribution in [2.24, 2.45) is 0 Å². The highest BCUT2D eigenvalue weighted by Crippen LogP contribution is 2.46. The van der Waals surface area contributed by atoms with Crippen molar-refractivity contribution in [2.75, 3.05) is 13.2 Å². The second-order valence-electron chi connectivity index (χ2n) is 13.5. The van der Waals surface area contributed by atoms with Gasteiger partial charge in [0.05, 0.1) is 24.3 Å². The summed E-state index contributed by atoms with van der Waals surface area (Å²) in [6.45, 7) is 8.54. The quantitative estimate of drug-likeness (QED) is 0.0702. The van der Waals surface area contributed by atoms with Crippen LogP contribution in [0, 0.1) is 13.8 Å². The minimum atomic E-state index is -0.888. The Morgan fingerprint density at radius 3 is 1.31 bits per heavy atom. The van der Waals surface area contributed by atoms with Gasteiger partial charge in [-0.15, -0.1) is 0 Å². The molecule has 4 aromatic carbocycles. The van der Waals surface area contributed by atoms with E-state index in [1.165, 1.54) is 24.3 Å². The summed E-state index contributed by atoms with van der Waals surface area (Å²) >= 11 is 0. The lowest BCUT2D eigenvalue weighted by Gasteiger charge is -2.39. The van der Waals surface area contributed by atoms with Crippen LogP contribution >= 0.6 is 0 Å². The highest BCUT2D eigenvalue weighted by molar-refractivity contribution is 5.90. The summed E-state index contributed by atoms with van der Waals surface area (Å²) in [6, 6.07) is 24.0. The van der Waals surface area contributed by atoms with Gasteiger partial charge in [0, 0.05) is 5.41 Å². The molecular formula is C44H48O10. The van der Waals surface area contributed by atoms with Gasteiger partial charge in [-0.2, -0.15) is 0 Å². The predicted molar refractivity (Wildman–Crippen MR) is 203 cm³/mol. The molecule has 0 aliphatic heterocycles. The van der Waals surface area contributed by atoms with Gasteiger partial charge in [-0.3, -0.25) is 0 Å². The number of unbranched alkanes of at least 4 members (excludes halogenated alkanes) is 2. The fraction of sp³-hybridized carbons (Fsp3) is 0.364. The van der Waals surface area contributed by atoms with Crippen LogP contribution in [-0.4, -0.2) is 37.5 Å². The van der Waals surface area contributed by atoms with E-state index in [9.17, 15) is 19.2 Å². The molecule has 0 aromatic heterocycles. The topological polar surface area (TPSA) is 124 Å². The molecule has 1 saturated carbocycles. The van der Waals surface area contributed by atoms with Crippen molar-refractivity contribution in [1.29, 1.82) is 0 Å². The van der Waals surface area contributed by atoms with Gasteiger partial charge in [0.25, 0.3) is 0 Å². The van der Waals surface area contributed by atoms with Crippen molar-refractivity contribution in [1.82, 2.24) is 0 Å². The molecular weight excluding hydrogens is 688 g/mol. The zero-order valence-electron chi connectivity index (χ0n) is 31.4. The van der Waals surface area contributed by atoms with Gasteiger partial charge in [0.15, 0.2) is 0 Å². The average molecular weight is 737 g/mol. The van der Waals surface area contributed by atoms with Gasteiger partial charge in [0.1, 0.15) is 23.0 Å². The van der Waals surface area contributed by atoms with E-state index in [0.29, 0.717) is 35.8 Å². The number of benzene rings is 4. The van der Waals surface area contributed by atoms with Crippen LogP contribution in [-0.2, 0) is 14.9 Å². The largest absolute Gasteiger partial charge is 0.519 e. The molecule has 0 spiro atoms. The normalized spacial score (nSPS) is 13.3. The number of carbonyl (C=O) groups excluding carboxylic acids is 4. The summed E-state index contributed by atoms with van der Waals surface area (Å²) in [5.74, 6) is 0.397. The van der Waals surface area contributed by atoms with E-state index in [-0.39, 0.29) is 16.9 Å². The molecule has 10 heteroatoms. The number of carbonyl (C=O) groups is 4. The van der Waals surface area contributed by atoms with Crippen molar-refractivity contribution in [3.8, 4) is 23.0 Å². The molecule has 0 radical (unpaired) electrons. The Hall–Kier alpha value is -5.64. The van der Waals surface area contributed by atoms with Crippen LogP contribution in [0.2, 0.25) is 0 Å². The Bertz CT molecular complexity index is 1770. The minimum absolute atomic E-state index is 0.243. The second-order valence-corrected chi connectivity index (χ2v) is 13.5. The number of esters is 2. The Kier molecular flexibility index (Phi) is 13.9. The number of aryl methyl sites for hydroxylation is 2. The highest BCUT2D eigenvalue weighted by Gasteiger charge is 2.36. The average Bonchev–Trinajstić information content (AvgIpc) is 3.17. The fourth-order valence-electron chi connectivity index (χ4n) is 6.54. The third-order valence-corrected chi connectivity index (χ3v) is 9.59. The maximum atomic E-state index is 12.7. The zero-order chi connectivity index (χ0) is 38.5. The first-order valence-electron chi connectivity index (χ1n) is 18.7. The van der Waals surface area contributed by atoms with Crippen LogP contribution in [0.4, 0.5) is 9.59 Å². The van der Waals surface area contributed by atoms with Crippen molar-refractivity contribution < 1.29 is 47.6 Å². The number of hydrogen-bond donors (Lipinski definition) is 0. The summed E-state index contributed by atoms with van der Waals surface area (Å²) in [7, 11) is 0. The minimum Gasteiger partial charge on any atom is -0.462 e. The first kappa shape index (κ1) is 39.6. The molecule has 54 heavy (non-hydrogen) atoms. The van der Waals surface area contributed by atoms with E-state index >= 15 is 0 Å². The third-order valence-electron chi connectivity index (χ3n) is 9.59. The van der Waals surface area contributed by atoms with E-state index in [0.717, 1.165) is 80.0 Å². The maximum Gasteiger partial charge on any atom is 0.519 e. The lowest BCUT2D eigenvalue weighted by Crippen LogP contribution is -2.30. The van der Waals surface area contributed by atoms with E-state index < -0.39 is 24.2 Å². The molecule has 1 aliphatic carbocycles. The summed E-state index contributed by atoms with van der Waals surface area (Å²) in [4.78, 5) is 49.8. The monoisotopic (exact) mass is 736 g/mol. The molecule has 0 unspecified atom stereocenters. The van der Waals surface area contributed by atoms with Crippen molar-refractivity contribution in [2.45, 2.75) is 90.9 Å². The van der Waals surface area contributed by atoms with Gasteiger partial charge >= 0.3 is 24.2 Å². The van der Waals surface area contributed by atoms with Gasteiger partial charge in [0.2, 0.25) is 0 Å². The number of rotatable bonds is 14. The van der Waals surface area contributed by atoms with Crippen LogP contribution < -0.4 is 18.9 Å². The molecule has 0 atom stereocenters. The van der Waals surface area contributed by atoms with Gasteiger partial charge in [-0.25, -0.2) is 19.2 Å². The van der Waals surface area contributed by atoms with E-state index in [2.05, 4.69) is 12.1 Å². The van der Waals surface area contributed by atoms with Gasteiger partial charge in [-0.1, -0.05) is 70.2 Å². The molecule has 1 fully saturated rings. The molecule has 10 nitrogen and oxygen atoms in total. The van der Waals surface area contributed by atoms with Crippen LogP contribution in [0.5, 0.6) is 23.0 Å². The summed E-state index contributed by atoms with van der Waals surface area (Å²) in [6.07, 6.45) is 6.78. The standard InChI is InChI=1S/C44H48O10/c1-5-7-26-49-40(45)32-12-18-36(19-13-32)51-42(47)53-38-22-16-34(28-30(38)3)44(24-10-9-11-25-44)35-17-23-39(31(4)29-35)54-43(48)52-37-20-14-33(15-21-37)41(46)50-27-8-6-2/h12-23,28-29H,5-11,24-27H2,1-4H3. The fourth-order valence-corrected chi connectivity index (χ4v) is 6.54. The van der Waals surface area contributed by atoms with E-state index in [1.54, 1.807) is 36.4 Å². The van der Waals surface area contributed by atoms with Crippen molar-refractivity contribution >= 4 is 24.2 Å². The number of hydrogen-bond acceptors (Lipinski definition) is 10. The van der Waals surface area contributed by atoms with E-state index in [1.807, 2.05) is 39.8 Å². The summed E-state index contributed by atoms with van der Waals surface area (Å²) in [5, 5.41) is 0. The van der Waals surface area contributed by atoms with Gasteiger partial charge in [-0.05, 0) is 122 Å². The molecule has 0 amide bonds. The molecule has 4 aromatic rings. The molecule has 1 aliphatic rings. The molecule has 0 bridgehead atoms. The molecule has 0 saturated heterocycles. The van der Waals surface area contributed by atoms with E-state index in [4.69, 9.17) is 28.4 Å². The Labute approximate surface area is 316 Å². The molecule has 0 N–H and O–H groups in total. The SMILES string of the molecule is CCCCOC(=O)c1ccc(OC(=O)Oc2ccc(C3(c4ccc(OC(=O)Oc5ccc(C(=O)OCCCC)cc5)c(C)c4)CCCCC3)cc2C)cc1. The zero-order valence-corrected chi connectivity index (χ0v) is 31.4. The molecule has 0 heterocycles. The highest BCUT2D eigenvalue weighted by atomic mass is 16.7. The Morgan fingerprint density at radius 1 is 0.537 bits per heavy atom. The van der Waals surface area contributed by atoms with Crippen LogP contribution in [0.1, 0.15) is 115 Å². The summed E-state index contributed by atoms with van der Waals surface area (Å²) in [5.41, 5.74) is 4.22. The Morgan fingerprint density at radius 2 is 0.944 bits per heavy atom.